The quantitative estimate of drug-likeness (QED) is 0.865. The van der Waals surface area contributed by atoms with Crippen molar-refractivity contribution in [3.8, 4) is 0 Å². The summed E-state index contributed by atoms with van der Waals surface area (Å²) in [7, 11) is 0. The molecule has 1 fully saturated rings. The molecule has 2 aliphatic rings. The standard InChI is InChI=1S/C15H20F3N3O/c1-10-19-12-5-3-2-4-11(12)13(20-10)21-8-6-14(22,7-9-21)15(16,17)18/h22H,2-9H2,1H3. The van der Waals surface area contributed by atoms with Crippen molar-refractivity contribution in [1.29, 1.82) is 0 Å². The average Bonchev–Trinajstić information content (AvgIpc) is 2.46. The van der Waals surface area contributed by atoms with Gasteiger partial charge in [0.2, 0.25) is 0 Å². The van der Waals surface area contributed by atoms with Crippen LogP contribution >= 0.6 is 0 Å². The van der Waals surface area contributed by atoms with E-state index in [1.165, 1.54) is 0 Å². The highest BCUT2D eigenvalue weighted by Gasteiger charge is 2.54. The molecule has 1 aromatic heterocycles. The van der Waals surface area contributed by atoms with E-state index < -0.39 is 11.8 Å². The van der Waals surface area contributed by atoms with Crippen molar-refractivity contribution in [3.63, 3.8) is 0 Å². The van der Waals surface area contributed by atoms with Crippen molar-refractivity contribution >= 4 is 5.82 Å². The number of rotatable bonds is 1. The van der Waals surface area contributed by atoms with Gasteiger partial charge in [0.1, 0.15) is 11.6 Å². The number of hydrogen-bond acceptors (Lipinski definition) is 4. The van der Waals surface area contributed by atoms with E-state index in [-0.39, 0.29) is 25.9 Å². The normalized spacial score (nSPS) is 21.6. The lowest BCUT2D eigenvalue weighted by Crippen LogP contribution is -2.53. The van der Waals surface area contributed by atoms with Crippen molar-refractivity contribution in [3.05, 3.63) is 17.1 Å². The Labute approximate surface area is 127 Å². The van der Waals surface area contributed by atoms with Gasteiger partial charge in [-0.3, -0.25) is 0 Å². The summed E-state index contributed by atoms with van der Waals surface area (Å²) < 4.78 is 38.7. The largest absolute Gasteiger partial charge is 0.417 e. The Morgan fingerprint density at radius 1 is 1.09 bits per heavy atom. The van der Waals surface area contributed by atoms with E-state index in [9.17, 15) is 18.3 Å². The maximum Gasteiger partial charge on any atom is 0.417 e. The molecule has 0 amide bonds. The molecule has 1 aromatic rings. The smallest absolute Gasteiger partial charge is 0.380 e. The first-order chi connectivity index (χ1) is 10.3. The molecule has 0 spiro atoms. The van der Waals surface area contributed by atoms with Gasteiger partial charge in [-0.05, 0) is 32.6 Å². The van der Waals surface area contributed by atoms with Crippen LogP contribution in [0.15, 0.2) is 0 Å². The lowest BCUT2D eigenvalue weighted by atomic mass is 9.90. The maximum atomic E-state index is 12.9. The second-order valence-corrected chi connectivity index (χ2v) is 6.24. The predicted octanol–water partition coefficient (Wildman–Crippen LogP) is 2.56. The van der Waals surface area contributed by atoms with E-state index in [4.69, 9.17) is 0 Å². The molecule has 1 aliphatic heterocycles. The summed E-state index contributed by atoms with van der Waals surface area (Å²) in [5.41, 5.74) is -0.453. The molecule has 22 heavy (non-hydrogen) atoms. The van der Waals surface area contributed by atoms with E-state index in [0.717, 1.165) is 42.8 Å². The first-order valence-electron chi connectivity index (χ1n) is 7.71. The van der Waals surface area contributed by atoms with Gasteiger partial charge in [-0.2, -0.15) is 13.2 Å². The maximum absolute atomic E-state index is 12.9. The minimum atomic E-state index is -4.57. The summed E-state index contributed by atoms with van der Waals surface area (Å²) in [6, 6.07) is 0. The second-order valence-electron chi connectivity index (χ2n) is 6.24. The summed E-state index contributed by atoms with van der Waals surface area (Å²) >= 11 is 0. The Balaban J connectivity index is 1.84. The van der Waals surface area contributed by atoms with Crippen LogP contribution in [0.4, 0.5) is 19.0 Å². The third kappa shape index (κ3) is 2.66. The molecule has 2 heterocycles. The van der Waals surface area contributed by atoms with Gasteiger partial charge in [0.25, 0.3) is 0 Å². The summed E-state index contributed by atoms with van der Waals surface area (Å²) in [6.07, 6.45) is -1.25. The van der Waals surface area contributed by atoms with E-state index in [2.05, 4.69) is 9.97 Å². The van der Waals surface area contributed by atoms with Gasteiger partial charge in [-0.15, -0.1) is 0 Å². The molecule has 0 bridgehead atoms. The molecule has 4 nitrogen and oxygen atoms in total. The fourth-order valence-corrected chi connectivity index (χ4v) is 3.33. The molecule has 0 aromatic carbocycles. The number of aliphatic hydroxyl groups is 1. The first-order valence-corrected chi connectivity index (χ1v) is 7.71. The van der Waals surface area contributed by atoms with E-state index in [0.29, 0.717) is 5.82 Å². The fourth-order valence-electron chi connectivity index (χ4n) is 3.33. The molecule has 0 atom stereocenters. The molecular formula is C15H20F3N3O. The summed E-state index contributed by atoms with van der Waals surface area (Å²) in [5, 5.41) is 9.78. The number of hydrogen-bond donors (Lipinski definition) is 1. The van der Waals surface area contributed by atoms with Gasteiger partial charge in [0, 0.05) is 37.2 Å². The lowest BCUT2D eigenvalue weighted by molar-refractivity contribution is -0.266. The highest BCUT2D eigenvalue weighted by atomic mass is 19.4. The number of piperidine rings is 1. The molecular weight excluding hydrogens is 295 g/mol. The SMILES string of the molecule is Cc1nc2c(c(N3CCC(O)(C(F)(F)F)CC3)n1)CCCC2. The number of alkyl halides is 3. The van der Waals surface area contributed by atoms with Gasteiger partial charge < -0.3 is 10.0 Å². The minimum absolute atomic E-state index is 0.166. The Bertz CT molecular complexity index is 566. The van der Waals surface area contributed by atoms with Crippen LogP contribution < -0.4 is 4.90 Å². The fraction of sp³-hybridized carbons (Fsp3) is 0.733. The van der Waals surface area contributed by atoms with Crippen molar-refractivity contribution in [1.82, 2.24) is 9.97 Å². The highest BCUT2D eigenvalue weighted by Crippen LogP contribution is 2.40. The molecule has 0 radical (unpaired) electrons. The lowest BCUT2D eigenvalue weighted by Gasteiger charge is -2.40. The minimum Gasteiger partial charge on any atom is -0.380 e. The predicted molar refractivity (Wildman–Crippen MR) is 75.9 cm³/mol. The van der Waals surface area contributed by atoms with Crippen LogP contribution in [-0.4, -0.2) is 39.9 Å². The molecule has 1 N–H and O–H groups in total. The topological polar surface area (TPSA) is 49.2 Å². The molecule has 122 valence electrons. The molecule has 0 unspecified atom stereocenters. The Kier molecular flexibility index (Phi) is 3.79. The number of anilines is 1. The Morgan fingerprint density at radius 2 is 1.73 bits per heavy atom. The summed E-state index contributed by atoms with van der Waals surface area (Å²) in [4.78, 5) is 10.8. The first kappa shape index (κ1) is 15.5. The summed E-state index contributed by atoms with van der Waals surface area (Å²) in [5.74, 6) is 1.43. The zero-order valence-electron chi connectivity index (χ0n) is 12.6. The van der Waals surface area contributed by atoms with Crippen LogP contribution in [0.25, 0.3) is 0 Å². The zero-order chi connectivity index (χ0) is 16.0. The Morgan fingerprint density at radius 3 is 2.36 bits per heavy atom. The van der Waals surface area contributed by atoms with Crippen LogP contribution in [0.5, 0.6) is 0 Å². The van der Waals surface area contributed by atoms with E-state index >= 15 is 0 Å². The van der Waals surface area contributed by atoms with Gasteiger partial charge in [0.05, 0.1) is 0 Å². The van der Waals surface area contributed by atoms with Gasteiger partial charge in [-0.1, -0.05) is 0 Å². The monoisotopic (exact) mass is 315 g/mol. The van der Waals surface area contributed by atoms with Crippen LogP contribution in [-0.2, 0) is 12.8 Å². The van der Waals surface area contributed by atoms with Crippen LogP contribution in [0.3, 0.4) is 0 Å². The number of aryl methyl sites for hydroxylation is 2. The Hall–Kier alpha value is -1.37. The molecule has 1 aliphatic carbocycles. The van der Waals surface area contributed by atoms with Crippen molar-refractivity contribution < 1.29 is 18.3 Å². The van der Waals surface area contributed by atoms with Crippen molar-refractivity contribution in [2.75, 3.05) is 18.0 Å². The van der Waals surface area contributed by atoms with E-state index in [1.807, 2.05) is 11.8 Å². The van der Waals surface area contributed by atoms with Gasteiger partial charge in [0.15, 0.2) is 5.60 Å². The number of nitrogens with zero attached hydrogens (tertiary/aromatic N) is 3. The zero-order valence-corrected chi connectivity index (χ0v) is 12.6. The van der Waals surface area contributed by atoms with Crippen molar-refractivity contribution in [2.45, 2.75) is 57.2 Å². The van der Waals surface area contributed by atoms with Crippen molar-refractivity contribution in [2.24, 2.45) is 0 Å². The molecule has 3 rings (SSSR count). The molecule has 0 saturated carbocycles. The van der Waals surface area contributed by atoms with Gasteiger partial charge >= 0.3 is 6.18 Å². The van der Waals surface area contributed by atoms with E-state index in [1.54, 1.807) is 0 Å². The van der Waals surface area contributed by atoms with Crippen LogP contribution in [0.2, 0.25) is 0 Å². The summed E-state index contributed by atoms with van der Waals surface area (Å²) in [6.45, 7) is 2.15. The number of aromatic nitrogens is 2. The van der Waals surface area contributed by atoms with Crippen LogP contribution in [0, 0.1) is 6.92 Å². The third-order valence-corrected chi connectivity index (χ3v) is 4.69. The third-order valence-electron chi connectivity index (χ3n) is 4.69. The van der Waals surface area contributed by atoms with Gasteiger partial charge in [-0.25, -0.2) is 9.97 Å². The molecule has 7 heteroatoms. The highest BCUT2D eigenvalue weighted by molar-refractivity contribution is 5.50. The molecule has 1 saturated heterocycles. The number of halogens is 3. The average molecular weight is 315 g/mol. The number of fused-ring (bicyclic) bond motifs is 1. The second kappa shape index (κ2) is 5.37. The van der Waals surface area contributed by atoms with Crippen LogP contribution in [0.1, 0.15) is 42.8 Å².